The van der Waals surface area contributed by atoms with Crippen LogP contribution in [0.4, 0.5) is 5.69 Å². The molecule has 9 nitrogen and oxygen atoms in total. The second-order valence-corrected chi connectivity index (χ2v) is 11.0. The zero-order chi connectivity index (χ0) is 24.3. The predicted molar refractivity (Wildman–Crippen MR) is 126 cm³/mol. The maximum absolute atomic E-state index is 13.3. The number of methoxy groups -OCH3 is 1. The molecule has 1 aromatic carbocycles. The van der Waals surface area contributed by atoms with Gasteiger partial charge < -0.3 is 19.3 Å². The van der Waals surface area contributed by atoms with E-state index in [4.69, 9.17) is 9.47 Å². The maximum atomic E-state index is 13.3. The zero-order valence-corrected chi connectivity index (χ0v) is 20.9. The van der Waals surface area contributed by atoms with Crippen LogP contribution in [0.25, 0.3) is 0 Å². The summed E-state index contributed by atoms with van der Waals surface area (Å²) in [7, 11) is -0.222. The van der Waals surface area contributed by atoms with E-state index in [1.807, 2.05) is 18.7 Å². The van der Waals surface area contributed by atoms with Gasteiger partial charge in [-0.1, -0.05) is 13.3 Å². The molecule has 1 fully saturated rings. The van der Waals surface area contributed by atoms with Gasteiger partial charge in [-0.05, 0) is 38.0 Å². The summed E-state index contributed by atoms with van der Waals surface area (Å²) in [5, 5.41) is 0. The Morgan fingerprint density at radius 2 is 1.91 bits per heavy atom. The lowest BCUT2D eigenvalue weighted by atomic mass is 9.83. The van der Waals surface area contributed by atoms with Crippen molar-refractivity contribution in [3.05, 3.63) is 23.8 Å². The molecule has 1 aliphatic carbocycles. The molecule has 0 radical (unpaired) electrons. The number of likely N-dealkylation sites (N-methyl/N-ethyl adjacent to an activating group) is 1. The number of carbonyl (C=O) groups excluding carboxylic acids is 2. The van der Waals surface area contributed by atoms with Crippen LogP contribution in [0.1, 0.15) is 43.5 Å². The Kier molecular flexibility index (Phi) is 7.89. The molecule has 1 N–H and O–H groups in total. The fourth-order valence-electron chi connectivity index (χ4n) is 4.25. The number of rotatable bonds is 4. The van der Waals surface area contributed by atoms with Gasteiger partial charge in [-0.3, -0.25) is 14.3 Å². The Morgan fingerprint density at radius 1 is 1.21 bits per heavy atom. The Labute approximate surface area is 196 Å². The molecule has 10 heteroatoms. The highest BCUT2D eigenvalue weighted by atomic mass is 32.2. The minimum atomic E-state index is -3.51. The number of carbonyl (C=O) groups is 2. The second kappa shape index (κ2) is 10.3. The molecule has 1 aliphatic heterocycles. The molecule has 0 aromatic heterocycles. The van der Waals surface area contributed by atoms with E-state index >= 15 is 0 Å². The third kappa shape index (κ3) is 6.17. The van der Waals surface area contributed by atoms with Gasteiger partial charge in [0.05, 0.1) is 24.0 Å². The van der Waals surface area contributed by atoms with Crippen LogP contribution < -0.4 is 9.46 Å². The molecule has 2 amide bonds. The van der Waals surface area contributed by atoms with Gasteiger partial charge in [-0.25, -0.2) is 8.42 Å². The smallest absolute Gasteiger partial charge is 0.257 e. The normalized spacial score (nSPS) is 25.2. The molecular weight excluding hydrogens is 446 g/mol. The van der Waals surface area contributed by atoms with Crippen LogP contribution in [0.3, 0.4) is 0 Å². The van der Waals surface area contributed by atoms with Crippen LogP contribution in [0, 0.1) is 11.8 Å². The number of amides is 2. The fraction of sp³-hybridized carbons (Fsp3) is 0.652. The summed E-state index contributed by atoms with van der Waals surface area (Å²) >= 11 is 0. The van der Waals surface area contributed by atoms with Gasteiger partial charge in [0, 0.05) is 44.8 Å². The first-order valence-electron chi connectivity index (χ1n) is 11.3. The number of fused-ring (bicyclic) bond motifs is 1. The molecule has 3 atom stereocenters. The highest BCUT2D eigenvalue weighted by molar-refractivity contribution is 7.92. The van der Waals surface area contributed by atoms with Crippen molar-refractivity contribution in [1.82, 2.24) is 9.80 Å². The lowest BCUT2D eigenvalue weighted by Gasteiger charge is -2.39. The molecule has 0 unspecified atom stereocenters. The second-order valence-electron chi connectivity index (χ2n) is 9.30. The van der Waals surface area contributed by atoms with E-state index in [9.17, 15) is 18.0 Å². The third-order valence-electron chi connectivity index (χ3n) is 6.49. The van der Waals surface area contributed by atoms with Crippen molar-refractivity contribution in [2.75, 3.05) is 44.8 Å². The Morgan fingerprint density at radius 3 is 2.48 bits per heavy atom. The van der Waals surface area contributed by atoms with Crippen LogP contribution in [-0.4, -0.2) is 82.3 Å². The van der Waals surface area contributed by atoms with E-state index in [-0.39, 0.29) is 53.7 Å². The molecule has 184 valence electrons. The molecule has 3 rings (SSSR count). The monoisotopic (exact) mass is 481 g/mol. The number of benzene rings is 1. The first kappa shape index (κ1) is 25.3. The summed E-state index contributed by atoms with van der Waals surface area (Å²) in [4.78, 5) is 29.9. The molecule has 0 bridgehead atoms. The number of hydrogen-bond acceptors (Lipinski definition) is 6. The fourth-order valence-corrected chi connectivity index (χ4v) is 4.81. The number of hydrogen-bond donors (Lipinski definition) is 1. The molecule has 0 saturated heterocycles. The number of sulfonamides is 1. The van der Waals surface area contributed by atoms with Crippen molar-refractivity contribution < 1.29 is 27.5 Å². The summed E-state index contributed by atoms with van der Waals surface area (Å²) in [6.07, 6.45) is 3.69. The van der Waals surface area contributed by atoms with Gasteiger partial charge in [-0.2, -0.15) is 0 Å². The third-order valence-corrected chi connectivity index (χ3v) is 7.09. The highest BCUT2D eigenvalue weighted by Crippen LogP contribution is 2.31. The van der Waals surface area contributed by atoms with Crippen molar-refractivity contribution in [2.24, 2.45) is 11.8 Å². The van der Waals surface area contributed by atoms with E-state index in [1.165, 1.54) is 6.07 Å². The van der Waals surface area contributed by atoms with Gasteiger partial charge >= 0.3 is 0 Å². The first-order chi connectivity index (χ1) is 15.5. The van der Waals surface area contributed by atoms with E-state index in [1.54, 1.807) is 31.2 Å². The summed E-state index contributed by atoms with van der Waals surface area (Å²) in [6.45, 7) is 5.02. The van der Waals surface area contributed by atoms with Crippen molar-refractivity contribution >= 4 is 27.5 Å². The van der Waals surface area contributed by atoms with Crippen LogP contribution in [-0.2, 0) is 19.6 Å². The Balaban J connectivity index is 1.96. The van der Waals surface area contributed by atoms with E-state index < -0.39 is 10.0 Å². The lowest BCUT2D eigenvalue weighted by molar-refractivity contribution is -0.142. The SMILES string of the molecule is CO[C@@H]1CN(C)C(=O)c2cc(NS(C)(=O)=O)ccc2OC[C@H](C)N(C(=O)C2CCC2)C[C@@H]1C. The first-order valence-corrected chi connectivity index (χ1v) is 13.2. The molecule has 1 aromatic rings. The lowest BCUT2D eigenvalue weighted by Crippen LogP contribution is -2.51. The summed E-state index contributed by atoms with van der Waals surface area (Å²) in [5.74, 6) is 0.250. The molecule has 1 saturated carbocycles. The number of nitrogens with zero attached hydrogens (tertiary/aromatic N) is 2. The predicted octanol–water partition coefficient (Wildman–Crippen LogP) is 2.19. The van der Waals surface area contributed by atoms with Crippen molar-refractivity contribution in [1.29, 1.82) is 0 Å². The summed E-state index contributed by atoms with van der Waals surface area (Å²) in [6, 6.07) is 4.42. The van der Waals surface area contributed by atoms with Crippen molar-refractivity contribution in [3.63, 3.8) is 0 Å². The quantitative estimate of drug-likeness (QED) is 0.707. The van der Waals surface area contributed by atoms with Crippen LogP contribution >= 0.6 is 0 Å². The summed E-state index contributed by atoms with van der Waals surface area (Å²) < 4.78 is 37.5. The topological polar surface area (TPSA) is 105 Å². The maximum Gasteiger partial charge on any atom is 0.257 e. The van der Waals surface area contributed by atoms with E-state index in [2.05, 4.69) is 4.72 Å². The van der Waals surface area contributed by atoms with Crippen LogP contribution in [0.15, 0.2) is 18.2 Å². The minimum Gasteiger partial charge on any atom is -0.491 e. The van der Waals surface area contributed by atoms with E-state index in [0.717, 1.165) is 25.5 Å². The highest BCUT2D eigenvalue weighted by Gasteiger charge is 2.35. The number of nitrogens with one attached hydrogen (secondary N) is 1. The molecular formula is C23H35N3O6S. The largest absolute Gasteiger partial charge is 0.491 e. The number of ether oxygens (including phenoxy) is 2. The van der Waals surface area contributed by atoms with Crippen LogP contribution in [0.2, 0.25) is 0 Å². The zero-order valence-electron chi connectivity index (χ0n) is 20.0. The van der Waals surface area contributed by atoms with Crippen molar-refractivity contribution in [3.8, 4) is 5.75 Å². The van der Waals surface area contributed by atoms with E-state index in [0.29, 0.717) is 18.8 Å². The van der Waals surface area contributed by atoms with Gasteiger partial charge in [-0.15, -0.1) is 0 Å². The molecule has 33 heavy (non-hydrogen) atoms. The average molecular weight is 482 g/mol. The number of anilines is 1. The van der Waals surface area contributed by atoms with Gasteiger partial charge in [0.25, 0.3) is 5.91 Å². The van der Waals surface area contributed by atoms with Gasteiger partial charge in [0.1, 0.15) is 12.4 Å². The Hall–Kier alpha value is -2.33. The summed E-state index contributed by atoms with van der Waals surface area (Å²) in [5.41, 5.74) is 0.526. The van der Waals surface area contributed by atoms with Gasteiger partial charge in [0.15, 0.2) is 0 Å². The Bertz CT molecular complexity index is 978. The average Bonchev–Trinajstić information content (AvgIpc) is 2.70. The molecule has 2 aliphatic rings. The standard InChI is InChI=1S/C23H35N3O6S/c1-15-12-26(22(27)17-7-6-8-17)16(2)14-32-20-10-9-18(24-33(5,29)30)11-19(20)23(28)25(3)13-21(15)31-4/h9-11,15-17,21,24H,6-8,12-14H2,1-5H3/t15-,16-,21+/m0/s1. The van der Waals surface area contributed by atoms with Gasteiger partial charge in [0.2, 0.25) is 15.9 Å². The van der Waals surface area contributed by atoms with Crippen molar-refractivity contribution in [2.45, 2.75) is 45.3 Å². The minimum absolute atomic E-state index is 0.00569. The van der Waals surface area contributed by atoms with Crippen LogP contribution in [0.5, 0.6) is 5.75 Å². The molecule has 0 spiro atoms. The molecule has 1 heterocycles.